The fourth-order valence-electron chi connectivity index (χ4n) is 2.34. The van der Waals surface area contributed by atoms with E-state index in [1.807, 2.05) is 14.0 Å². The van der Waals surface area contributed by atoms with Crippen LogP contribution in [-0.2, 0) is 4.79 Å². The summed E-state index contributed by atoms with van der Waals surface area (Å²) in [4.78, 5) is 11.8. The normalized spacial score (nSPS) is 27.4. The van der Waals surface area contributed by atoms with Crippen molar-refractivity contribution in [2.24, 2.45) is 11.8 Å². The largest absolute Gasteiger partial charge is 0.396 e. The highest BCUT2D eigenvalue weighted by molar-refractivity contribution is 5.78. The van der Waals surface area contributed by atoms with Crippen molar-refractivity contribution in [3.63, 3.8) is 0 Å². The number of aliphatic hydroxyl groups is 1. The van der Waals surface area contributed by atoms with Gasteiger partial charge in [0.25, 0.3) is 0 Å². The number of amides is 1. The molecule has 0 aromatic rings. The number of nitrogens with one attached hydrogen (secondary N) is 2. The van der Waals surface area contributed by atoms with Crippen molar-refractivity contribution >= 4 is 5.91 Å². The lowest BCUT2D eigenvalue weighted by Crippen LogP contribution is -2.46. The van der Waals surface area contributed by atoms with Crippen molar-refractivity contribution in [2.75, 3.05) is 20.2 Å². The van der Waals surface area contributed by atoms with Gasteiger partial charge < -0.3 is 15.7 Å². The Balaban J connectivity index is 2.41. The van der Waals surface area contributed by atoms with Gasteiger partial charge in [0.05, 0.1) is 0 Å². The third kappa shape index (κ3) is 3.76. The zero-order valence-corrected chi connectivity index (χ0v) is 10.3. The van der Waals surface area contributed by atoms with Crippen LogP contribution in [0.2, 0.25) is 0 Å². The van der Waals surface area contributed by atoms with E-state index < -0.39 is 0 Å². The summed E-state index contributed by atoms with van der Waals surface area (Å²) < 4.78 is 0. The average Bonchev–Trinajstić information content (AvgIpc) is 2.30. The third-order valence-electron chi connectivity index (χ3n) is 3.43. The molecule has 0 bridgehead atoms. The third-order valence-corrected chi connectivity index (χ3v) is 3.43. The highest BCUT2D eigenvalue weighted by Gasteiger charge is 2.26. The molecule has 1 aliphatic carbocycles. The lowest BCUT2D eigenvalue weighted by Gasteiger charge is -2.31. The summed E-state index contributed by atoms with van der Waals surface area (Å²) in [5.74, 6) is 0.338. The molecule has 3 atom stereocenters. The molecule has 4 nitrogen and oxygen atoms in total. The Bertz CT molecular complexity index is 221. The molecule has 0 saturated heterocycles. The Labute approximate surface area is 97.8 Å². The first-order valence-corrected chi connectivity index (χ1v) is 6.24. The predicted octanol–water partition coefficient (Wildman–Crippen LogP) is 0.509. The standard InChI is InChI=1S/C12H24N2O2/c1-9(7-13-2)12(16)14-11-6-4-3-5-10(11)8-15/h9-11,13,15H,3-8H2,1-2H3,(H,14,16). The van der Waals surface area contributed by atoms with E-state index in [1.165, 1.54) is 6.42 Å². The highest BCUT2D eigenvalue weighted by Crippen LogP contribution is 2.24. The zero-order valence-electron chi connectivity index (χ0n) is 10.3. The number of hydrogen-bond donors (Lipinski definition) is 3. The van der Waals surface area contributed by atoms with Crippen molar-refractivity contribution in [1.29, 1.82) is 0 Å². The van der Waals surface area contributed by atoms with Gasteiger partial charge >= 0.3 is 0 Å². The minimum absolute atomic E-state index is 0.00808. The van der Waals surface area contributed by atoms with Gasteiger partial charge in [-0.3, -0.25) is 4.79 Å². The van der Waals surface area contributed by atoms with Crippen LogP contribution >= 0.6 is 0 Å². The molecule has 4 heteroatoms. The Hall–Kier alpha value is -0.610. The van der Waals surface area contributed by atoms with Gasteiger partial charge in [-0.05, 0) is 19.9 Å². The molecule has 0 aliphatic heterocycles. The van der Waals surface area contributed by atoms with E-state index in [0.29, 0.717) is 6.54 Å². The van der Waals surface area contributed by atoms with Crippen LogP contribution in [0.4, 0.5) is 0 Å². The summed E-state index contributed by atoms with van der Waals surface area (Å²) in [6.07, 6.45) is 4.36. The Morgan fingerprint density at radius 1 is 1.44 bits per heavy atom. The van der Waals surface area contributed by atoms with Crippen LogP contribution < -0.4 is 10.6 Å². The Morgan fingerprint density at radius 2 is 2.12 bits per heavy atom. The van der Waals surface area contributed by atoms with Crippen LogP contribution in [0.15, 0.2) is 0 Å². The molecule has 1 fully saturated rings. The minimum Gasteiger partial charge on any atom is -0.396 e. The minimum atomic E-state index is -0.00808. The van der Waals surface area contributed by atoms with E-state index >= 15 is 0 Å². The van der Waals surface area contributed by atoms with E-state index in [4.69, 9.17) is 0 Å². The van der Waals surface area contributed by atoms with Crippen molar-refractivity contribution in [1.82, 2.24) is 10.6 Å². The Morgan fingerprint density at radius 3 is 2.75 bits per heavy atom. The van der Waals surface area contributed by atoms with Crippen molar-refractivity contribution in [2.45, 2.75) is 38.6 Å². The molecule has 3 N–H and O–H groups in total. The fourth-order valence-corrected chi connectivity index (χ4v) is 2.34. The second-order valence-electron chi connectivity index (χ2n) is 4.80. The van der Waals surface area contributed by atoms with E-state index in [2.05, 4.69) is 10.6 Å². The molecule has 1 rings (SSSR count). The first-order valence-electron chi connectivity index (χ1n) is 6.24. The van der Waals surface area contributed by atoms with Crippen LogP contribution in [0.3, 0.4) is 0 Å². The molecule has 1 amide bonds. The van der Waals surface area contributed by atoms with Crippen LogP contribution in [0.5, 0.6) is 0 Å². The second-order valence-corrected chi connectivity index (χ2v) is 4.80. The highest BCUT2D eigenvalue weighted by atomic mass is 16.3. The van der Waals surface area contributed by atoms with Gasteiger partial charge in [-0.1, -0.05) is 19.8 Å². The molecule has 1 aliphatic rings. The van der Waals surface area contributed by atoms with E-state index in [9.17, 15) is 9.90 Å². The molecule has 1 saturated carbocycles. The molecular formula is C12H24N2O2. The van der Waals surface area contributed by atoms with Gasteiger partial charge in [0, 0.05) is 31.0 Å². The molecule has 94 valence electrons. The summed E-state index contributed by atoms with van der Waals surface area (Å²) in [6.45, 7) is 2.80. The molecular weight excluding hydrogens is 204 g/mol. The first kappa shape index (κ1) is 13.5. The zero-order chi connectivity index (χ0) is 12.0. The summed E-state index contributed by atoms with van der Waals surface area (Å²) in [6, 6.07) is 0.172. The van der Waals surface area contributed by atoms with Gasteiger partial charge in [0.1, 0.15) is 0 Å². The molecule has 0 heterocycles. The maximum atomic E-state index is 11.8. The van der Waals surface area contributed by atoms with E-state index in [0.717, 1.165) is 19.3 Å². The van der Waals surface area contributed by atoms with Crippen molar-refractivity contribution in [3.8, 4) is 0 Å². The average molecular weight is 228 g/mol. The number of aliphatic hydroxyl groups excluding tert-OH is 1. The second kappa shape index (κ2) is 6.86. The van der Waals surface area contributed by atoms with Crippen LogP contribution in [0.1, 0.15) is 32.6 Å². The molecule has 0 radical (unpaired) electrons. The van der Waals surface area contributed by atoms with Crippen LogP contribution in [0, 0.1) is 11.8 Å². The lowest BCUT2D eigenvalue weighted by atomic mass is 9.85. The van der Waals surface area contributed by atoms with Gasteiger partial charge in [-0.25, -0.2) is 0 Å². The van der Waals surface area contributed by atoms with Gasteiger partial charge in [-0.2, -0.15) is 0 Å². The maximum absolute atomic E-state index is 11.8. The van der Waals surface area contributed by atoms with Crippen LogP contribution in [0.25, 0.3) is 0 Å². The quantitative estimate of drug-likeness (QED) is 0.642. The lowest BCUT2D eigenvalue weighted by molar-refractivity contribution is -0.125. The molecule has 0 aromatic heterocycles. The van der Waals surface area contributed by atoms with Crippen molar-refractivity contribution in [3.05, 3.63) is 0 Å². The van der Waals surface area contributed by atoms with Gasteiger partial charge in [0.15, 0.2) is 0 Å². The summed E-state index contributed by atoms with van der Waals surface area (Å²) >= 11 is 0. The monoisotopic (exact) mass is 228 g/mol. The van der Waals surface area contributed by atoms with E-state index in [-0.39, 0.29) is 30.4 Å². The maximum Gasteiger partial charge on any atom is 0.224 e. The Kier molecular flexibility index (Phi) is 5.77. The first-order chi connectivity index (χ1) is 7.69. The number of carbonyl (C=O) groups is 1. The van der Waals surface area contributed by atoms with E-state index in [1.54, 1.807) is 0 Å². The number of rotatable bonds is 5. The van der Waals surface area contributed by atoms with Gasteiger partial charge in [-0.15, -0.1) is 0 Å². The SMILES string of the molecule is CNCC(C)C(=O)NC1CCCCC1CO. The summed E-state index contributed by atoms with van der Waals surface area (Å²) in [5, 5.41) is 15.3. The molecule has 0 aromatic carbocycles. The van der Waals surface area contributed by atoms with Crippen LogP contribution in [-0.4, -0.2) is 37.3 Å². The van der Waals surface area contributed by atoms with Gasteiger partial charge in [0.2, 0.25) is 5.91 Å². The number of carbonyl (C=O) groups excluding carboxylic acids is 1. The summed E-state index contributed by atoms with van der Waals surface area (Å²) in [7, 11) is 1.85. The van der Waals surface area contributed by atoms with Crippen molar-refractivity contribution < 1.29 is 9.90 Å². The topological polar surface area (TPSA) is 61.4 Å². The molecule has 0 spiro atoms. The predicted molar refractivity (Wildman–Crippen MR) is 64.1 cm³/mol. The summed E-state index contributed by atoms with van der Waals surface area (Å²) in [5.41, 5.74) is 0. The fraction of sp³-hybridized carbons (Fsp3) is 0.917. The number of hydrogen-bond acceptors (Lipinski definition) is 3. The smallest absolute Gasteiger partial charge is 0.224 e. The molecule has 3 unspecified atom stereocenters. The molecule has 16 heavy (non-hydrogen) atoms.